The number of aliphatic hydroxyl groups excluding tert-OH is 1. The number of ether oxygens (including phenoxy) is 1. The Morgan fingerprint density at radius 1 is 1.21 bits per heavy atom. The topological polar surface area (TPSA) is 109 Å². The number of nitrogens with zero attached hydrogens (tertiary/aromatic N) is 2. The molecule has 2 atom stereocenters. The average Bonchev–Trinajstić information content (AvgIpc) is 2.71. The minimum Gasteiger partial charge on any atom is -0.491 e. The molecule has 2 aromatic rings. The molecule has 3 N–H and O–H groups in total. The van der Waals surface area contributed by atoms with E-state index in [1.165, 1.54) is 24.3 Å². The molecule has 0 aliphatic rings. The summed E-state index contributed by atoms with van der Waals surface area (Å²) < 4.78 is 5.46. The maximum atomic E-state index is 10.6. The van der Waals surface area contributed by atoms with E-state index in [1.54, 1.807) is 0 Å². The van der Waals surface area contributed by atoms with Gasteiger partial charge in [0, 0.05) is 18.7 Å². The molecule has 0 aromatic heterocycles. The molecule has 2 rings (SSSR count). The summed E-state index contributed by atoms with van der Waals surface area (Å²) in [5, 5.41) is 27.2. The van der Waals surface area contributed by atoms with Crippen molar-refractivity contribution in [2.75, 3.05) is 19.7 Å². The van der Waals surface area contributed by atoms with Crippen LogP contribution in [0.15, 0.2) is 59.6 Å². The number of hydrogen-bond donors (Lipinski definition) is 3. The van der Waals surface area contributed by atoms with Crippen LogP contribution in [-0.4, -0.2) is 41.8 Å². The number of rotatable bonds is 9. The van der Waals surface area contributed by atoms with Gasteiger partial charge >= 0.3 is 0 Å². The number of benzene rings is 2. The highest BCUT2D eigenvalue weighted by Gasteiger charge is 2.10. The summed E-state index contributed by atoms with van der Waals surface area (Å²) in [6.45, 7) is 4.90. The SMILES string of the molecule is CCNC(=NCC(O)COc1ccc([N+](=O)[O-])cc1)NC(C)c1ccccc1. The highest BCUT2D eigenvalue weighted by Crippen LogP contribution is 2.17. The van der Waals surface area contributed by atoms with Crippen molar-refractivity contribution in [3.05, 3.63) is 70.3 Å². The van der Waals surface area contributed by atoms with Crippen molar-refractivity contribution in [1.82, 2.24) is 10.6 Å². The van der Waals surface area contributed by atoms with Crippen LogP contribution in [-0.2, 0) is 0 Å². The number of hydrogen-bond acceptors (Lipinski definition) is 5. The molecule has 0 amide bonds. The summed E-state index contributed by atoms with van der Waals surface area (Å²) in [5.41, 5.74) is 1.13. The number of aliphatic imine (C=N–C) groups is 1. The van der Waals surface area contributed by atoms with Crippen LogP contribution in [0.25, 0.3) is 0 Å². The van der Waals surface area contributed by atoms with Crippen molar-refractivity contribution in [2.24, 2.45) is 4.99 Å². The van der Waals surface area contributed by atoms with Gasteiger partial charge in [-0.05, 0) is 31.5 Å². The maximum Gasteiger partial charge on any atom is 0.269 e. The summed E-state index contributed by atoms with van der Waals surface area (Å²) in [7, 11) is 0. The molecule has 0 fully saturated rings. The van der Waals surface area contributed by atoms with Crippen LogP contribution in [0.3, 0.4) is 0 Å². The van der Waals surface area contributed by atoms with Gasteiger partial charge in [0.2, 0.25) is 0 Å². The smallest absolute Gasteiger partial charge is 0.269 e. The first-order valence-electron chi connectivity index (χ1n) is 9.14. The van der Waals surface area contributed by atoms with Crippen molar-refractivity contribution >= 4 is 11.6 Å². The second-order valence-corrected chi connectivity index (χ2v) is 6.21. The molecule has 0 aliphatic heterocycles. The Morgan fingerprint density at radius 3 is 2.50 bits per heavy atom. The van der Waals surface area contributed by atoms with Crippen LogP contribution >= 0.6 is 0 Å². The second kappa shape index (κ2) is 10.9. The fraction of sp³-hybridized carbons (Fsp3) is 0.350. The first-order valence-corrected chi connectivity index (χ1v) is 9.14. The molecule has 8 nitrogen and oxygen atoms in total. The van der Waals surface area contributed by atoms with Gasteiger partial charge in [-0.25, -0.2) is 0 Å². The highest BCUT2D eigenvalue weighted by atomic mass is 16.6. The molecule has 2 aromatic carbocycles. The number of nitro benzene ring substituents is 1. The van der Waals surface area contributed by atoms with E-state index < -0.39 is 11.0 Å². The zero-order valence-electron chi connectivity index (χ0n) is 16.0. The number of non-ortho nitro benzene ring substituents is 1. The van der Waals surface area contributed by atoms with Gasteiger partial charge in [-0.2, -0.15) is 0 Å². The van der Waals surface area contributed by atoms with E-state index >= 15 is 0 Å². The molecule has 0 saturated heterocycles. The Morgan fingerprint density at radius 2 is 1.89 bits per heavy atom. The summed E-state index contributed by atoms with van der Waals surface area (Å²) >= 11 is 0. The predicted molar refractivity (Wildman–Crippen MR) is 109 cm³/mol. The van der Waals surface area contributed by atoms with Gasteiger partial charge in [0.1, 0.15) is 18.5 Å². The van der Waals surface area contributed by atoms with E-state index in [4.69, 9.17) is 4.74 Å². The Bertz CT molecular complexity index is 766. The zero-order chi connectivity index (χ0) is 20.4. The van der Waals surface area contributed by atoms with Gasteiger partial charge in [0.15, 0.2) is 5.96 Å². The molecule has 0 heterocycles. The number of guanidine groups is 1. The molecule has 0 radical (unpaired) electrons. The third-order valence-electron chi connectivity index (χ3n) is 3.95. The lowest BCUT2D eigenvalue weighted by atomic mass is 10.1. The standard InChI is InChI=1S/C20H26N4O4/c1-3-21-20(23-15(2)16-7-5-4-6-8-16)22-13-18(25)14-28-19-11-9-17(10-12-19)24(26)27/h4-12,15,18,25H,3,13-14H2,1-2H3,(H2,21,22,23). The van der Waals surface area contributed by atoms with Crippen molar-refractivity contribution in [3.63, 3.8) is 0 Å². The highest BCUT2D eigenvalue weighted by molar-refractivity contribution is 5.80. The van der Waals surface area contributed by atoms with E-state index in [2.05, 4.69) is 15.6 Å². The molecule has 0 aliphatic carbocycles. The van der Waals surface area contributed by atoms with Gasteiger partial charge in [0.05, 0.1) is 17.5 Å². The lowest BCUT2D eigenvalue weighted by Gasteiger charge is -2.19. The minimum atomic E-state index is -0.808. The van der Waals surface area contributed by atoms with Crippen LogP contribution in [0.1, 0.15) is 25.5 Å². The van der Waals surface area contributed by atoms with E-state index in [-0.39, 0.29) is 24.9 Å². The van der Waals surface area contributed by atoms with Gasteiger partial charge in [-0.1, -0.05) is 30.3 Å². The molecular weight excluding hydrogens is 360 g/mol. The van der Waals surface area contributed by atoms with Gasteiger partial charge in [-0.3, -0.25) is 15.1 Å². The molecule has 28 heavy (non-hydrogen) atoms. The Kier molecular flexibility index (Phi) is 8.23. The molecule has 0 bridgehead atoms. The predicted octanol–water partition coefficient (Wildman–Crippen LogP) is 2.65. The number of aliphatic hydroxyl groups is 1. The van der Waals surface area contributed by atoms with E-state index in [0.717, 1.165) is 5.56 Å². The lowest BCUT2D eigenvalue weighted by Crippen LogP contribution is -2.39. The van der Waals surface area contributed by atoms with Crippen LogP contribution in [0.2, 0.25) is 0 Å². The normalized spacial score (nSPS) is 13.5. The van der Waals surface area contributed by atoms with Gasteiger partial charge in [0.25, 0.3) is 5.69 Å². The Labute approximate surface area is 164 Å². The van der Waals surface area contributed by atoms with Crippen molar-refractivity contribution < 1.29 is 14.8 Å². The minimum absolute atomic E-state index is 0.00797. The summed E-state index contributed by atoms with van der Waals surface area (Å²) in [5.74, 6) is 1.06. The first-order chi connectivity index (χ1) is 13.5. The van der Waals surface area contributed by atoms with Gasteiger partial charge < -0.3 is 20.5 Å². The van der Waals surface area contributed by atoms with Crippen molar-refractivity contribution in [3.8, 4) is 5.75 Å². The summed E-state index contributed by atoms with van der Waals surface area (Å²) in [4.78, 5) is 14.6. The first kappa shape index (κ1) is 21.2. The number of nitrogens with one attached hydrogen (secondary N) is 2. The average molecular weight is 386 g/mol. The third kappa shape index (κ3) is 6.88. The molecule has 0 saturated carbocycles. The van der Waals surface area contributed by atoms with E-state index in [1.807, 2.05) is 44.2 Å². The van der Waals surface area contributed by atoms with Crippen LogP contribution in [0, 0.1) is 10.1 Å². The molecular formula is C20H26N4O4. The fourth-order valence-corrected chi connectivity index (χ4v) is 2.46. The van der Waals surface area contributed by atoms with E-state index in [9.17, 15) is 15.2 Å². The zero-order valence-corrected chi connectivity index (χ0v) is 16.0. The fourth-order valence-electron chi connectivity index (χ4n) is 2.46. The Balaban J connectivity index is 1.86. The van der Waals surface area contributed by atoms with Crippen LogP contribution in [0.4, 0.5) is 5.69 Å². The van der Waals surface area contributed by atoms with Crippen LogP contribution in [0.5, 0.6) is 5.75 Å². The quantitative estimate of drug-likeness (QED) is 0.265. The monoisotopic (exact) mass is 386 g/mol. The van der Waals surface area contributed by atoms with Crippen molar-refractivity contribution in [1.29, 1.82) is 0 Å². The summed E-state index contributed by atoms with van der Waals surface area (Å²) in [6.07, 6.45) is -0.808. The second-order valence-electron chi connectivity index (χ2n) is 6.21. The lowest BCUT2D eigenvalue weighted by molar-refractivity contribution is -0.384. The van der Waals surface area contributed by atoms with E-state index in [0.29, 0.717) is 18.3 Å². The molecule has 0 spiro atoms. The molecule has 2 unspecified atom stereocenters. The summed E-state index contributed by atoms with van der Waals surface area (Å²) in [6, 6.07) is 15.8. The Hall–Kier alpha value is -3.13. The molecule has 150 valence electrons. The van der Waals surface area contributed by atoms with Crippen LogP contribution < -0.4 is 15.4 Å². The van der Waals surface area contributed by atoms with Gasteiger partial charge in [-0.15, -0.1) is 0 Å². The number of nitro groups is 1. The maximum absolute atomic E-state index is 10.6. The molecule has 8 heteroatoms. The third-order valence-corrected chi connectivity index (χ3v) is 3.95. The van der Waals surface area contributed by atoms with Crippen molar-refractivity contribution in [2.45, 2.75) is 26.0 Å². The largest absolute Gasteiger partial charge is 0.491 e.